The highest BCUT2D eigenvalue weighted by Crippen LogP contribution is 2.35. The van der Waals surface area contributed by atoms with Gasteiger partial charge in [-0.3, -0.25) is 0 Å². The second-order valence-electron chi connectivity index (χ2n) is 5.70. The number of carboxylic acids is 1. The molecule has 2 aromatic carbocycles. The molecule has 1 aliphatic heterocycles. The molecule has 0 aliphatic carbocycles. The lowest BCUT2D eigenvalue weighted by atomic mass is 9.98. The van der Waals surface area contributed by atoms with Crippen LogP contribution in [0.1, 0.15) is 11.1 Å². The predicted octanol–water partition coefficient (Wildman–Crippen LogP) is 3.05. The van der Waals surface area contributed by atoms with E-state index in [-0.39, 0.29) is 24.4 Å². The minimum atomic E-state index is -1.18. The van der Waals surface area contributed by atoms with Crippen LogP contribution in [-0.2, 0) is 20.9 Å². The maximum absolute atomic E-state index is 13.6. The Morgan fingerprint density at radius 2 is 1.96 bits per heavy atom. The number of hydrogen-bond acceptors (Lipinski definition) is 4. The highest BCUT2D eigenvalue weighted by Gasteiger charge is 2.27. The van der Waals surface area contributed by atoms with Gasteiger partial charge in [-0.1, -0.05) is 30.3 Å². The predicted molar refractivity (Wildman–Crippen MR) is 94.7 cm³/mol. The Bertz CT molecular complexity index is 901. The van der Waals surface area contributed by atoms with Gasteiger partial charge >= 0.3 is 5.97 Å². The molecule has 3 rings (SSSR count). The summed E-state index contributed by atoms with van der Waals surface area (Å²) in [6.45, 7) is 0.906. The molecule has 1 N–H and O–H groups in total. The maximum Gasteiger partial charge on any atom is 0.352 e. The zero-order valence-electron chi connectivity index (χ0n) is 13.8. The van der Waals surface area contributed by atoms with E-state index in [9.17, 15) is 19.1 Å². The smallest absolute Gasteiger partial charge is 0.352 e. The Morgan fingerprint density at radius 3 is 2.65 bits per heavy atom. The number of halogens is 1. The van der Waals surface area contributed by atoms with Crippen molar-refractivity contribution < 1.29 is 23.8 Å². The third kappa shape index (κ3) is 3.72. The number of hydrogen-bond donors (Lipinski definition) is 1. The molecule has 0 bridgehead atoms. The van der Waals surface area contributed by atoms with E-state index < -0.39 is 11.8 Å². The van der Waals surface area contributed by atoms with Gasteiger partial charge in [0, 0.05) is 12.1 Å². The molecule has 0 atom stereocenters. The zero-order chi connectivity index (χ0) is 18.5. The number of rotatable bonds is 6. The molecule has 2 aromatic rings. The van der Waals surface area contributed by atoms with Gasteiger partial charge in [0.2, 0.25) is 0 Å². The number of carbonyl (C=O) groups is 1. The van der Waals surface area contributed by atoms with Crippen LogP contribution in [0, 0.1) is 5.82 Å². The molecule has 6 heteroatoms. The topological polar surface area (TPSA) is 66.8 Å². The number of ether oxygens (including phenoxy) is 1. The van der Waals surface area contributed by atoms with Crippen molar-refractivity contribution in [3.05, 3.63) is 77.2 Å². The Kier molecular flexibility index (Phi) is 5.27. The van der Waals surface area contributed by atoms with E-state index in [0.717, 1.165) is 5.56 Å². The number of aliphatic carboxylic acids is 1. The fraction of sp³-hybridized carbons (Fsp3) is 0.150. The first kappa shape index (κ1) is 17.6. The summed E-state index contributed by atoms with van der Waals surface area (Å²) >= 11 is 0. The van der Waals surface area contributed by atoms with Gasteiger partial charge in [0.25, 0.3) is 0 Å². The van der Waals surface area contributed by atoms with E-state index in [1.807, 2.05) is 30.3 Å². The summed E-state index contributed by atoms with van der Waals surface area (Å²) in [5, 5.41) is 9.47. The van der Waals surface area contributed by atoms with Crippen molar-refractivity contribution >= 4 is 23.2 Å². The summed E-state index contributed by atoms with van der Waals surface area (Å²) in [5.41, 5.74) is 1.69. The third-order valence-corrected chi connectivity index (χ3v) is 4.01. The SMILES string of the molecule is O=C=C1C=C(C(=O)O)N(CCOCc2ccccc2)c2ccc(F)cc21. The van der Waals surface area contributed by atoms with Gasteiger partial charge in [0.05, 0.1) is 24.5 Å². The van der Waals surface area contributed by atoms with Gasteiger partial charge in [-0.25, -0.2) is 14.0 Å². The quantitative estimate of drug-likeness (QED) is 0.639. The summed E-state index contributed by atoms with van der Waals surface area (Å²) in [4.78, 5) is 24.3. The van der Waals surface area contributed by atoms with Crippen molar-refractivity contribution in [1.82, 2.24) is 0 Å². The second kappa shape index (κ2) is 7.78. The van der Waals surface area contributed by atoms with Crippen molar-refractivity contribution in [2.45, 2.75) is 6.61 Å². The molecule has 0 spiro atoms. The molecular weight excluding hydrogens is 337 g/mol. The molecule has 0 radical (unpaired) electrons. The fourth-order valence-corrected chi connectivity index (χ4v) is 2.80. The Labute approximate surface area is 149 Å². The van der Waals surface area contributed by atoms with Crippen molar-refractivity contribution in [3.63, 3.8) is 0 Å². The van der Waals surface area contributed by atoms with Crippen LogP contribution in [0.4, 0.5) is 10.1 Å². The van der Waals surface area contributed by atoms with E-state index >= 15 is 0 Å². The summed E-state index contributed by atoms with van der Waals surface area (Å²) in [6.07, 6.45) is 1.20. The number of anilines is 1. The highest BCUT2D eigenvalue weighted by atomic mass is 19.1. The van der Waals surface area contributed by atoms with E-state index in [0.29, 0.717) is 17.9 Å². The number of carboxylic acid groups (broad SMARTS) is 1. The molecule has 1 aliphatic rings. The summed E-state index contributed by atoms with van der Waals surface area (Å²) in [7, 11) is 0. The molecule has 0 amide bonds. The first-order valence-corrected chi connectivity index (χ1v) is 7.99. The minimum Gasteiger partial charge on any atom is -0.477 e. The molecule has 0 saturated heterocycles. The van der Waals surface area contributed by atoms with Gasteiger partial charge in [0.1, 0.15) is 17.5 Å². The highest BCUT2D eigenvalue weighted by molar-refractivity contribution is 6.06. The van der Waals surface area contributed by atoms with Gasteiger partial charge in [0.15, 0.2) is 0 Å². The van der Waals surface area contributed by atoms with Crippen molar-refractivity contribution in [1.29, 1.82) is 0 Å². The molecule has 132 valence electrons. The average molecular weight is 353 g/mol. The molecule has 0 fully saturated rings. The van der Waals surface area contributed by atoms with Crippen LogP contribution in [0.25, 0.3) is 5.57 Å². The molecule has 0 unspecified atom stereocenters. The van der Waals surface area contributed by atoms with Gasteiger partial charge in [-0.2, -0.15) is 0 Å². The fourth-order valence-electron chi connectivity index (χ4n) is 2.80. The Balaban J connectivity index is 1.79. The molecule has 0 aromatic heterocycles. The third-order valence-electron chi connectivity index (χ3n) is 4.01. The summed E-state index contributed by atoms with van der Waals surface area (Å²) in [5.74, 6) is -0.0108. The Morgan fingerprint density at radius 1 is 1.19 bits per heavy atom. The normalized spacial score (nSPS) is 13.0. The number of benzene rings is 2. The van der Waals surface area contributed by atoms with Crippen LogP contribution in [0.5, 0.6) is 0 Å². The van der Waals surface area contributed by atoms with Crippen LogP contribution in [-0.4, -0.2) is 30.2 Å². The first-order valence-electron chi connectivity index (χ1n) is 7.99. The lowest BCUT2D eigenvalue weighted by Gasteiger charge is -2.30. The van der Waals surface area contributed by atoms with E-state index in [4.69, 9.17) is 4.74 Å². The number of nitrogens with zero attached hydrogens (tertiary/aromatic N) is 1. The standard InChI is InChI=1S/C20H16FNO4/c21-16-6-7-18-17(11-16)15(12-23)10-19(20(24)25)22(18)8-9-26-13-14-4-2-1-3-5-14/h1-7,10-11H,8-9,13H2,(H,24,25). The maximum atomic E-state index is 13.6. The van der Waals surface area contributed by atoms with E-state index in [1.54, 1.807) is 5.94 Å². The minimum absolute atomic E-state index is 0.0124. The average Bonchev–Trinajstić information content (AvgIpc) is 2.65. The summed E-state index contributed by atoms with van der Waals surface area (Å²) in [6, 6.07) is 13.5. The van der Waals surface area contributed by atoms with Crippen LogP contribution in [0.3, 0.4) is 0 Å². The van der Waals surface area contributed by atoms with Gasteiger partial charge in [-0.15, -0.1) is 0 Å². The second-order valence-corrected chi connectivity index (χ2v) is 5.70. The number of carbonyl (C=O) groups excluding carboxylic acids is 1. The van der Waals surface area contributed by atoms with Gasteiger partial charge < -0.3 is 14.7 Å². The van der Waals surface area contributed by atoms with Crippen molar-refractivity contribution in [3.8, 4) is 0 Å². The van der Waals surface area contributed by atoms with Crippen LogP contribution < -0.4 is 4.90 Å². The molecular formula is C20H16FNO4. The lowest BCUT2D eigenvalue weighted by molar-refractivity contribution is -0.132. The lowest BCUT2D eigenvalue weighted by Crippen LogP contribution is -2.33. The van der Waals surface area contributed by atoms with Crippen LogP contribution in [0.2, 0.25) is 0 Å². The first-order chi connectivity index (χ1) is 12.6. The summed E-state index contributed by atoms with van der Waals surface area (Å²) < 4.78 is 19.2. The van der Waals surface area contributed by atoms with Crippen molar-refractivity contribution in [2.24, 2.45) is 0 Å². The Hall–Kier alpha value is -3.21. The molecule has 5 nitrogen and oxygen atoms in total. The molecule has 1 heterocycles. The van der Waals surface area contributed by atoms with Crippen LogP contribution >= 0.6 is 0 Å². The monoisotopic (exact) mass is 353 g/mol. The zero-order valence-corrected chi connectivity index (χ0v) is 13.8. The van der Waals surface area contributed by atoms with Gasteiger partial charge in [-0.05, 0) is 29.8 Å². The molecule has 0 saturated carbocycles. The van der Waals surface area contributed by atoms with E-state index in [2.05, 4.69) is 0 Å². The molecule has 26 heavy (non-hydrogen) atoms. The number of fused-ring (bicyclic) bond motifs is 1. The number of allylic oxidation sites excluding steroid dienone is 2. The largest absolute Gasteiger partial charge is 0.477 e. The van der Waals surface area contributed by atoms with Crippen LogP contribution in [0.15, 0.2) is 60.3 Å². The van der Waals surface area contributed by atoms with Crippen molar-refractivity contribution in [2.75, 3.05) is 18.1 Å². The van der Waals surface area contributed by atoms with E-state index in [1.165, 1.54) is 29.2 Å².